The minimum Gasteiger partial charge on any atom is -0.394 e. The summed E-state index contributed by atoms with van der Waals surface area (Å²) in [5.74, 6) is 0. The van der Waals surface area contributed by atoms with Crippen molar-refractivity contribution < 1.29 is 26.7 Å². The van der Waals surface area contributed by atoms with Gasteiger partial charge in [0.15, 0.2) is 5.54 Å². The molecule has 0 radical (unpaired) electrons. The zero-order valence-electron chi connectivity index (χ0n) is 11.0. The van der Waals surface area contributed by atoms with E-state index in [1.165, 1.54) is 24.3 Å². The van der Waals surface area contributed by atoms with Gasteiger partial charge in [0.1, 0.15) is 0 Å². The number of hydrogen-bond acceptors (Lipinski definition) is 3. The number of halogens is 3. The van der Waals surface area contributed by atoms with Gasteiger partial charge in [-0.05, 0) is 25.5 Å². The lowest BCUT2D eigenvalue weighted by Gasteiger charge is -2.33. The second kappa shape index (κ2) is 5.71. The van der Waals surface area contributed by atoms with E-state index in [2.05, 4.69) is 0 Å². The Kier molecular flexibility index (Phi) is 4.83. The molecule has 4 nitrogen and oxygen atoms in total. The van der Waals surface area contributed by atoms with E-state index < -0.39 is 34.8 Å². The maximum atomic E-state index is 13.0. The molecule has 0 spiro atoms. The molecule has 1 rings (SSSR count). The van der Waals surface area contributed by atoms with Crippen LogP contribution in [-0.2, 0) is 10.0 Å². The lowest BCUT2D eigenvalue weighted by atomic mass is 9.98. The molecule has 20 heavy (non-hydrogen) atoms. The van der Waals surface area contributed by atoms with Crippen molar-refractivity contribution in [3.8, 4) is 0 Å². The fourth-order valence-electron chi connectivity index (χ4n) is 1.60. The van der Waals surface area contributed by atoms with Gasteiger partial charge in [0.05, 0.1) is 11.5 Å². The molecule has 0 aliphatic carbocycles. The summed E-state index contributed by atoms with van der Waals surface area (Å²) >= 11 is 0. The van der Waals surface area contributed by atoms with Gasteiger partial charge >= 0.3 is 6.18 Å². The Morgan fingerprint density at radius 3 is 2.05 bits per heavy atom. The zero-order chi connectivity index (χ0) is 15.6. The molecule has 0 aliphatic heterocycles. The van der Waals surface area contributed by atoms with E-state index in [1.807, 2.05) is 0 Å². The van der Waals surface area contributed by atoms with Crippen LogP contribution >= 0.6 is 0 Å². The van der Waals surface area contributed by atoms with E-state index in [1.54, 1.807) is 11.6 Å². The van der Waals surface area contributed by atoms with Crippen LogP contribution in [0.15, 0.2) is 29.2 Å². The Morgan fingerprint density at radius 1 is 1.20 bits per heavy atom. The van der Waals surface area contributed by atoms with E-state index >= 15 is 0 Å². The van der Waals surface area contributed by atoms with E-state index in [9.17, 15) is 21.6 Å². The standard InChI is InChI=1S/C12H16F3NO3S/c1-3-11(8-17,12(13,14)15)16-20(18,19)10-6-4-9(2)5-7-10/h4-7,16-17H,3,8H2,1-2H3/t11-/m0/s1. The highest BCUT2D eigenvalue weighted by atomic mass is 32.2. The quantitative estimate of drug-likeness (QED) is 0.874. The molecule has 0 unspecified atom stereocenters. The molecular weight excluding hydrogens is 295 g/mol. The van der Waals surface area contributed by atoms with Gasteiger partial charge in [-0.15, -0.1) is 0 Å². The molecule has 0 bridgehead atoms. The molecule has 0 amide bonds. The molecule has 1 aromatic carbocycles. The third-order valence-electron chi connectivity index (χ3n) is 3.08. The predicted molar refractivity (Wildman–Crippen MR) is 67.7 cm³/mol. The smallest absolute Gasteiger partial charge is 0.394 e. The molecule has 1 aromatic rings. The van der Waals surface area contributed by atoms with Crippen molar-refractivity contribution in [1.29, 1.82) is 0 Å². The number of hydrogen-bond donors (Lipinski definition) is 2. The first kappa shape index (κ1) is 16.9. The number of aryl methyl sites for hydroxylation is 1. The number of alkyl halides is 3. The van der Waals surface area contributed by atoms with Crippen LogP contribution in [0.1, 0.15) is 18.9 Å². The minimum absolute atomic E-state index is 0.279. The monoisotopic (exact) mass is 311 g/mol. The van der Waals surface area contributed by atoms with Gasteiger partial charge in [-0.3, -0.25) is 0 Å². The maximum absolute atomic E-state index is 13.0. The van der Waals surface area contributed by atoms with Gasteiger partial charge in [-0.25, -0.2) is 8.42 Å². The van der Waals surface area contributed by atoms with Crippen LogP contribution in [-0.4, -0.2) is 31.8 Å². The fourth-order valence-corrected chi connectivity index (χ4v) is 3.05. The summed E-state index contributed by atoms with van der Waals surface area (Å²) in [6, 6.07) is 5.39. The SMILES string of the molecule is CC[C@@](CO)(NS(=O)(=O)c1ccc(C)cc1)C(F)(F)F. The second-order valence-corrected chi connectivity index (χ2v) is 6.19. The second-order valence-electron chi connectivity index (χ2n) is 4.51. The van der Waals surface area contributed by atoms with Crippen LogP contribution in [0.25, 0.3) is 0 Å². The summed E-state index contributed by atoms with van der Waals surface area (Å²) in [5, 5.41) is 9.02. The van der Waals surface area contributed by atoms with Gasteiger partial charge in [0, 0.05) is 0 Å². The average molecular weight is 311 g/mol. The van der Waals surface area contributed by atoms with Gasteiger partial charge in [0.25, 0.3) is 0 Å². The van der Waals surface area contributed by atoms with Gasteiger partial charge in [0.2, 0.25) is 10.0 Å². The van der Waals surface area contributed by atoms with Crippen molar-refractivity contribution in [3.63, 3.8) is 0 Å². The van der Waals surface area contributed by atoms with Gasteiger partial charge in [-0.2, -0.15) is 17.9 Å². The van der Waals surface area contributed by atoms with Crippen LogP contribution in [0, 0.1) is 6.92 Å². The normalized spacial score (nSPS) is 15.9. The summed E-state index contributed by atoms with van der Waals surface area (Å²) in [6.07, 6.45) is -5.51. The van der Waals surface area contributed by atoms with E-state index in [-0.39, 0.29) is 4.90 Å². The largest absolute Gasteiger partial charge is 0.409 e. The Morgan fingerprint density at radius 2 is 1.70 bits per heavy atom. The number of nitrogens with one attached hydrogen (secondary N) is 1. The van der Waals surface area contributed by atoms with E-state index in [0.29, 0.717) is 0 Å². The van der Waals surface area contributed by atoms with Crippen LogP contribution in [0.4, 0.5) is 13.2 Å². The first-order chi connectivity index (χ1) is 9.08. The predicted octanol–water partition coefficient (Wildman–Crippen LogP) is 1.98. The maximum Gasteiger partial charge on any atom is 0.409 e. The number of sulfonamides is 1. The first-order valence-electron chi connectivity index (χ1n) is 5.86. The topological polar surface area (TPSA) is 66.4 Å². The van der Waals surface area contributed by atoms with Crippen molar-refractivity contribution in [2.45, 2.75) is 36.9 Å². The minimum atomic E-state index is -4.89. The number of benzene rings is 1. The van der Waals surface area contributed by atoms with E-state index in [4.69, 9.17) is 5.11 Å². The Balaban J connectivity index is 3.20. The Hall–Kier alpha value is -1.12. The highest BCUT2D eigenvalue weighted by Crippen LogP contribution is 2.34. The molecule has 0 fully saturated rings. The van der Waals surface area contributed by atoms with Crippen LogP contribution < -0.4 is 4.72 Å². The summed E-state index contributed by atoms with van der Waals surface area (Å²) in [7, 11) is -4.37. The van der Waals surface area contributed by atoms with Crippen molar-refractivity contribution in [1.82, 2.24) is 4.72 Å². The van der Waals surface area contributed by atoms with Gasteiger partial charge < -0.3 is 5.11 Å². The van der Waals surface area contributed by atoms with Crippen LogP contribution in [0.2, 0.25) is 0 Å². The highest BCUT2D eigenvalue weighted by Gasteiger charge is 2.55. The number of aliphatic hydroxyl groups is 1. The number of rotatable bonds is 5. The lowest BCUT2D eigenvalue weighted by molar-refractivity contribution is -0.201. The summed E-state index contributed by atoms with van der Waals surface area (Å²) < 4.78 is 64.6. The third kappa shape index (κ3) is 3.31. The van der Waals surface area contributed by atoms with Crippen molar-refractivity contribution in [2.75, 3.05) is 6.61 Å². The molecule has 8 heteroatoms. The summed E-state index contributed by atoms with van der Waals surface area (Å²) in [5.41, 5.74) is -2.10. The fraction of sp³-hybridized carbons (Fsp3) is 0.500. The Labute approximate surface area is 115 Å². The molecule has 2 N–H and O–H groups in total. The lowest BCUT2D eigenvalue weighted by Crippen LogP contribution is -2.60. The van der Waals surface area contributed by atoms with Crippen molar-refractivity contribution >= 4 is 10.0 Å². The van der Waals surface area contributed by atoms with Crippen molar-refractivity contribution in [3.05, 3.63) is 29.8 Å². The molecule has 0 saturated carbocycles. The number of aliphatic hydroxyl groups excluding tert-OH is 1. The van der Waals surface area contributed by atoms with Crippen molar-refractivity contribution in [2.24, 2.45) is 0 Å². The zero-order valence-corrected chi connectivity index (χ0v) is 11.8. The Bertz CT molecular complexity index is 548. The summed E-state index contributed by atoms with van der Waals surface area (Å²) in [6.45, 7) is 1.52. The molecule has 0 aliphatic rings. The van der Waals surface area contributed by atoms with E-state index in [0.717, 1.165) is 12.5 Å². The molecule has 0 saturated heterocycles. The van der Waals surface area contributed by atoms with Gasteiger partial charge in [-0.1, -0.05) is 24.6 Å². The average Bonchev–Trinajstić information content (AvgIpc) is 2.35. The molecule has 0 heterocycles. The van der Waals surface area contributed by atoms with Crippen LogP contribution in [0.3, 0.4) is 0 Å². The third-order valence-corrected chi connectivity index (χ3v) is 4.63. The molecule has 0 aromatic heterocycles. The molecular formula is C12H16F3NO3S. The highest BCUT2D eigenvalue weighted by molar-refractivity contribution is 7.89. The first-order valence-corrected chi connectivity index (χ1v) is 7.34. The van der Waals surface area contributed by atoms with Crippen LogP contribution in [0.5, 0.6) is 0 Å². The molecule has 114 valence electrons. The molecule has 1 atom stereocenters. The summed E-state index contributed by atoms with van der Waals surface area (Å²) in [4.78, 5) is -0.279.